The first kappa shape index (κ1) is 11.2. The van der Waals surface area contributed by atoms with Gasteiger partial charge < -0.3 is 4.90 Å². The first-order chi connectivity index (χ1) is 5.79. The van der Waals surface area contributed by atoms with Crippen LogP contribution in [0.1, 0.15) is 27.2 Å². The van der Waals surface area contributed by atoms with E-state index >= 15 is 0 Å². The van der Waals surface area contributed by atoms with Crippen LogP contribution < -0.4 is 11.3 Å². The molecule has 4 nitrogen and oxygen atoms in total. The molecule has 72 valence electrons. The number of nitrogens with two attached hydrogens (primary N) is 1. The largest absolute Gasteiger partial charge is 0.342 e. The van der Waals surface area contributed by atoms with Crippen LogP contribution in [0.25, 0.3) is 0 Å². The van der Waals surface area contributed by atoms with Gasteiger partial charge in [0.25, 0.3) is 0 Å². The third-order valence-corrected chi connectivity index (χ3v) is 1.61. The molecule has 0 radical (unpaired) electrons. The zero-order valence-electron chi connectivity index (χ0n) is 8.30. The van der Waals surface area contributed by atoms with Crippen molar-refractivity contribution in [3.8, 4) is 0 Å². The second-order valence-corrected chi connectivity index (χ2v) is 2.52. The molecule has 0 aromatic rings. The first-order valence-corrected chi connectivity index (χ1v) is 4.56. The minimum atomic E-state index is 0.764. The molecule has 0 aliphatic heterocycles. The lowest BCUT2D eigenvalue weighted by Gasteiger charge is -2.23. The van der Waals surface area contributed by atoms with Crippen LogP contribution >= 0.6 is 0 Å². The van der Waals surface area contributed by atoms with Crippen LogP contribution in [0.2, 0.25) is 0 Å². The van der Waals surface area contributed by atoms with Crippen LogP contribution in [-0.4, -0.2) is 30.5 Å². The SMILES string of the molecule is CCCN(CC)C(=NCC)NN. The number of hydrogen-bond donors (Lipinski definition) is 2. The van der Waals surface area contributed by atoms with Gasteiger partial charge in [-0.1, -0.05) is 6.92 Å². The Morgan fingerprint density at radius 3 is 2.42 bits per heavy atom. The maximum Gasteiger partial charge on any atom is 0.208 e. The smallest absolute Gasteiger partial charge is 0.208 e. The van der Waals surface area contributed by atoms with Crippen molar-refractivity contribution < 1.29 is 0 Å². The van der Waals surface area contributed by atoms with E-state index in [4.69, 9.17) is 5.84 Å². The summed E-state index contributed by atoms with van der Waals surface area (Å²) in [6.45, 7) is 8.94. The second kappa shape index (κ2) is 6.91. The lowest BCUT2D eigenvalue weighted by Crippen LogP contribution is -2.45. The number of hydrogen-bond acceptors (Lipinski definition) is 2. The van der Waals surface area contributed by atoms with E-state index in [1.807, 2.05) is 6.92 Å². The molecule has 3 N–H and O–H groups in total. The van der Waals surface area contributed by atoms with Crippen LogP contribution in [0.3, 0.4) is 0 Å². The van der Waals surface area contributed by atoms with Gasteiger partial charge in [0, 0.05) is 19.6 Å². The Bertz CT molecular complexity index is 133. The van der Waals surface area contributed by atoms with Gasteiger partial charge in [0.15, 0.2) is 0 Å². The van der Waals surface area contributed by atoms with E-state index in [1.54, 1.807) is 0 Å². The third kappa shape index (κ3) is 3.57. The Labute approximate surface area is 74.8 Å². The molecule has 0 aliphatic rings. The van der Waals surface area contributed by atoms with Crippen LogP contribution in [0, 0.1) is 0 Å². The average molecular weight is 172 g/mol. The second-order valence-electron chi connectivity index (χ2n) is 2.52. The van der Waals surface area contributed by atoms with Crippen molar-refractivity contribution in [1.82, 2.24) is 10.3 Å². The molecule has 0 aromatic heterocycles. The summed E-state index contributed by atoms with van der Waals surface area (Å²) in [7, 11) is 0. The zero-order valence-corrected chi connectivity index (χ0v) is 8.30. The quantitative estimate of drug-likeness (QED) is 0.282. The molecule has 0 unspecified atom stereocenters. The summed E-state index contributed by atoms with van der Waals surface area (Å²) >= 11 is 0. The van der Waals surface area contributed by atoms with Gasteiger partial charge in [0.05, 0.1) is 0 Å². The minimum absolute atomic E-state index is 0.764. The standard InChI is InChI=1S/C8H20N4/c1-4-7-12(6-3)8(11-9)10-5-2/h4-7,9H2,1-3H3,(H,10,11). The van der Waals surface area contributed by atoms with Gasteiger partial charge in [-0.2, -0.15) is 0 Å². The molecular weight excluding hydrogens is 152 g/mol. The topological polar surface area (TPSA) is 53.6 Å². The molecule has 0 rings (SSSR count). The number of hydrazine groups is 1. The number of guanidine groups is 1. The molecule has 0 atom stereocenters. The van der Waals surface area contributed by atoms with Gasteiger partial charge in [-0.3, -0.25) is 10.4 Å². The summed E-state index contributed by atoms with van der Waals surface area (Å²) in [4.78, 5) is 6.37. The predicted molar refractivity (Wildman–Crippen MR) is 52.8 cm³/mol. The van der Waals surface area contributed by atoms with Gasteiger partial charge in [-0.15, -0.1) is 0 Å². The third-order valence-electron chi connectivity index (χ3n) is 1.61. The fourth-order valence-electron chi connectivity index (χ4n) is 1.07. The van der Waals surface area contributed by atoms with Gasteiger partial charge in [-0.25, -0.2) is 5.84 Å². The average Bonchev–Trinajstić information content (AvgIpc) is 2.11. The molecule has 0 bridgehead atoms. The molecule has 12 heavy (non-hydrogen) atoms. The molecule has 0 aliphatic carbocycles. The van der Waals surface area contributed by atoms with E-state index in [2.05, 4.69) is 29.2 Å². The highest BCUT2D eigenvalue weighted by Gasteiger charge is 2.04. The van der Waals surface area contributed by atoms with E-state index in [0.717, 1.165) is 32.0 Å². The summed E-state index contributed by atoms with van der Waals surface area (Å²) < 4.78 is 0. The normalized spacial score (nSPS) is 11.5. The van der Waals surface area contributed by atoms with Gasteiger partial charge >= 0.3 is 0 Å². The molecule has 0 aromatic carbocycles. The number of nitrogens with one attached hydrogen (secondary N) is 1. The number of aliphatic imine (C=N–C) groups is 1. The van der Waals surface area contributed by atoms with Crippen LogP contribution in [0.15, 0.2) is 4.99 Å². The molecule has 0 saturated carbocycles. The lowest BCUT2D eigenvalue weighted by molar-refractivity contribution is 0.422. The van der Waals surface area contributed by atoms with Gasteiger partial charge in [-0.05, 0) is 20.3 Å². The molecule has 0 amide bonds. The van der Waals surface area contributed by atoms with Crippen LogP contribution in [-0.2, 0) is 0 Å². The van der Waals surface area contributed by atoms with Gasteiger partial charge in [0.2, 0.25) is 5.96 Å². The maximum atomic E-state index is 5.34. The van der Waals surface area contributed by atoms with Crippen molar-refractivity contribution in [3.63, 3.8) is 0 Å². The molecule has 0 heterocycles. The summed E-state index contributed by atoms with van der Waals surface area (Å²) in [5.41, 5.74) is 2.61. The highest BCUT2D eigenvalue weighted by molar-refractivity contribution is 5.79. The monoisotopic (exact) mass is 172 g/mol. The molecule has 0 spiro atoms. The van der Waals surface area contributed by atoms with Crippen molar-refractivity contribution in [1.29, 1.82) is 0 Å². The molecular formula is C8H20N4. The zero-order chi connectivity index (χ0) is 9.40. The van der Waals surface area contributed by atoms with Crippen molar-refractivity contribution in [2.45, 2.75) is 27.2 Å². The van der Waals surface area contributed by atoms with Crippen molar-refractivity contribution in [3.05, 3.63) is 0 Å². The first-order valence-electron chi connectivity index (χ1n) is 4.56. The Balaban J connectivity index is 4.12. The van der Waals surface area contributed by atoms with Crippen molar-refractivity contribution >= 4 is 5.96 Å². The summed E-state index contributed by atoms with van der Waals surface area (Å²) in [6, 6.07) is 0. The molecule has 0 fully saturated rings. The van der Waals surface area contributed by atoms with E-state index in [1.165, 1.54) is 0 Å². The van der Waals surface area contributed by atoms with Crippen molar-refractivity contribution in [2.75, 3.05) is 19.6 Å². The summed E-state index contributed by atoms with van der Waals surface area (Å²) in [5, 5.41) is 0. The fourth-order valence-corrected chi connectivity index (χ4v) is 1.07. The Morgan fingerprint density at radius 1 is 1.42 bits per heavy atom. The number of nitrogens with zero attached hydrogens (tertiary/aromatic N) is 2. The van der Waals surface area contributed by atoms with Crippen LogP contribution in [0.5, 0.6) is 0 Å². The Morgan fingerprint density at radius 2 is 2.08 bits per heavy atom. The summed E-state index contributed by atoms with van der Waals surface area (Å²) in [6.07, 6.45) is 1.11. The van der Waals surface area contributed by atoms with Crippen molar-refractivity contribution in [2.24, 2.45) is 10.8 Å². The Kier molecular flexibility index (Phi) is 6.47. The Hall–Kier alpha value is -0.770. The van der Waals surface area contributed by atoms with Crippen LogP contribution in [0.4, 0.5) is 0 Å². The maximum absolute atomic E-state index is 5.34. The highest BCUT2D eigenvalue weighted by atomic mass is 15.4. The van der Waals surface area contributed by atoms with Gasteiger partial charge in [0.1, 0.15) is 0 Å². The molecule has 4 heteroatoms. The summed E-state index contributed by atoms with van der Waals surface area (Å²) in [5.74, 6) is 6.14. The number of rotatable bonds is 4. The lowest BCUT2D eigenvalue weighted by atomic mass is 10.4. The minimum Gasteiger partial charge on any atom is -0.342 e. The van der Waals surface area contributed by atoms with E-state index in [9.17, 15) is 0 Å². The predicted octanol–water partition coefficient (Wildman–Crippen LogP) is 0.558. The van der Waals surface area contributed by atoms with E-state index < -0.39 is 0 Å². The van der Waals surface area contributed by atoms with E-state index in [0.29, 0.717) is 0 Å². The molecule has 0 saturated heterocycles. The van der Waals surface area contributed by atoms with E-state index in [-0.39, 0.29) is 0 Å². The highest BCUT2D eigenvalue weighted by Crippen LogP contribution is 1.91. The fraction of sp³-hybridized carbons (Fsp3) is 0.875.